The summed E-state index contributed by atoms with van der Waals surface area (Å²) >= 11 is 0. The Balaban J connectivity index is 0.832. The Morgan fingerprint density at radius 2 is 1.80 bits per heavy atom. The summed E-state index contributed by atoms with van der Waals surface area (Å²) in [4.78, 5) is 47.6. The number of amides is 2. The zero-order valence-corrected chi connectivity index (χ0v) is 28.3. The first-order valence-corrected chi connectivity index (χ1v) is 17.3. The van der Waals surface area contributed by atoms with Crippen LogP contribution in [0.3, 0.4) is 0 Å². The van der Waals surface area contributed by atoms with E-state index in [1.54, 1.807) is 11.0 Å². The average molecular weight is 667 g/mol. The van der Waals surface area contributed by atoms with Crippen LogP contribution in [0.2, 0.25) is 0 Å². The molecule has 3 aromatic heterocycles. The van der Waals surface area contributed by atoms with Crippen molar-refractivity contribution in [3.8, 4) is 11.4 Å². The Hall–Kier alpha value is -5.49. The molecule has 12 nitrogen and oxygen atoms in total. The second kappa shape index (κ2) is 11.8. The highest BCUT2D eigenvalue weighted by Gasteiger charge is 2.51. The molecule has 0 radical (unpaired) electrons. The van der Waals surface area contributed by atoms with Gasteiger partial charge in [0.15, 0.2) is 5.82 Å². The number of fused-ring (bicyclic) bond motifs is 2. The molecule has 0 unspecified atom stereocenters. The molecule has 0 saturated carbocycles. The summed E-state index contributed by atoms with van der Waals surface area (Å²) in [6.45, 7) is 6.16. The number of nitrogens with one attached hydrogen (secondary N) is 1. The van der Waals surface area contributed by atoms with Gasteiger partial charge in [0.2, 0.25) is 11.8 Å². The predicted molar refractivity (Wildman–Crippen MR) is 190 cm³/mol. The van der Waals surface area contributed by atoms with Crippen LogP contribution in [0.4, 0.5) is 5.82 Å². The number of aromatic nitrogens is 6. The number of pyridine rings is 1. The number of carbonyl (C=O) groups excluding carboxylic acids is 2. The van der Waals surface area contributed by atoms with Crippen molar-refractivity contribution in [1.29, 1.82) is 0 Å². The van der Waals surface area contributed by atoms with Crippen molar-refractivity contribution in [2.75, 3.05) is 44.2 Å². The molecule has 0 aliphatic carbocycles. The molecule has 2 amide bonds. The van der Waals surface area contributed by atoms with E-state index in [2.05, 4.69) is 55.5 Å². The van der Waals surface area contributed by atoms with E-state index in [4.69, 9.17) is 9.98 Å². The highest BCUT2D eigenvalue weighted by Crippen LogP contribution is 2.42. The molecular formula is C38H38N10O2. The topological polar surface area (TPSA) is 128 Å². The van der Waals surface area contributed by atoms with Gasteiger partial charge in [-0.1, -0.05) is 42.5 Å². The Bertz CT molecular complexity index is 2230. The number of hydrogen-bond acceptors (Lipinski definition) is 8. The van der Waals surface area contributed by atoms with Crippen molar-refractivity contribution >= 4 is 39.8 Å². The maximum atomic E-state index is 14.1. The Kier molecular flexibility index (Phi) is 7.23. The van der Waals surface area contributed by atoms with Gasteiger partial charge in [0.25, 0.3) is 0 Å². The van der Waals surface area contributed by atoms with Gasteiger partial charge in [-0.3, -0.25) is 34.2 Å². The Labute approximate surface area is 289 Å². The smallest absolute Gasteiger partial charge is 0.237 e. The highest BCUT2D eigenvalue weighted by atomic mass is 16.2. The van der Waals surface area contributed by atoms with Gasteiger partial charge in [0.05, 0.1) is 35.4 Å². The van der Waals surface area contributed by atoms with E-state index in [1.165, 1.54) is 5.57 Å². The maximum Gasteiger partial charge on any atom is 0.237 e. The molecule has 1 atom stereocenters. The fraction of sp³-hybridized carbons (Fsp3) is 0.342. The third-order valence-corrected chi connectivity index (χ3v) is 10.9. The minimum atomic E-state index is -0.479. The van der Waals surface area contributed by atoms with Crippen LogP contribution in [0, 0.1) is 12.3 Å². The van der Waals surface area contributed by atoms with Crippen molar-refractivity contribution in [3.05, 3.63) is 95.1 Å². The SMILES string of the molecule is Cc1[nH]nc2ccc(C3=NCc4ccc(N5CC[C@]6(CCN(CC(=O)N7CC=C(c8ccc(-c9ncn(C)n9)cc8)CC7)C6)C5=O)nc43)cc12. The molecule has 2 aromatic carbocycles. The number of anilines is 1. The van der Waals surface area contributed by atoms with Crippen LogP contribution >= 0.6 is 0 Å². The summed E-state index contributed by atoms with van der Waals surface area (Å²) in [7, 11) is 1.86. The largest absolute Gasteiger partial charge is 0.338 e. The Morgan fingerprint density at radius 3 is 2.60 bits per heavy atom. The standard InChI is InChI=1S/C38H38N10O2/c1-24-30-19-28(7-9-31(30)43-42-24)34-35-29(20-39-34)8-10-32(41-35)48-18-14-38(37(48)50)13-17-46(22-38)21-33(49)47-15-11-26(12-16-47)25-3-5-27(6-4-25)36-40-23-45(2)44-36/h3-11,19,23H,12-18,20-22H2,1-2H3,(H,42,43)/t38-/m0/s1. The quantitative estimate of drug-likeness (QED) is 0.288. The second-order valence-corrected chi connectivity index (χ2v) is 14.0. The molecular weight excluding hydrogens is 628 g/mol. The summed E-state index contributed by atoms with van der Waals surface area (Å²) in [5, 5.41) is 12.9. The van der Waals surface area contributed by atoms with E-state index in [9.17, 15) is 9.59 Å². The van der Waals surface area contributed by atoms with Crippen molar-refractivity contribution in [1.82, 2.24) is 39.7 Å². The minimum absolute atomic E-state index is 0.113. The lowest BCUT2D eigenvalue weighted by Crippen LogP contribution is -2.43. The number of nitrogens with zero attached hydrogens (tertiary/aromatic N) is 9. The normalized spacial score (nSPS) is 20.6. The van der Waals surface area contributed by atoms with Crippen LogP contribution in [-0.2, 0) is 23.2 Å². The highest BCUT2D eigenvalue weighted by molar-refractivity contribution is 6.15. The van der Waals surface area contributed by atoms with E-state index >= 15 is 0 Å². The Morgan fingerprint density at radius 1 is 0.980 bits per heavy atom. The van der Waals surface area contributed by atoms with Crippen molar-refractivity contribution in [2.24, 2.45) is 17.5 Å². The molecule has 0 bridgehead atoms. The van der Waals surface area contributed by atoms with Gasteiger partial charge in [0.1, 0.15) is 12.1 Å². The summed E-state index contributed by atoms with van der Waals surface area (Å²) in [5.74, 6) is 1.62. The first-order valence-electron chi connectivity index (χ1n) is 17.3. The number of rotatable bonds is 6. The maximum absolute atomic E-state index is 14.1. The summed E-state index contributed by atoms with van der Waals surface area (Å²) < 4.78 is 1.70. The molecule has 4 aliphatic rings. The van der Waals surface area contributed by atoms with E-state index in [0.29, 0.717) is 50.9 Å². The zero-order chi connectivity index (χ0) is 34.0. The van der Waals surface area contributed by atoms with Gasteiger partial charge in [-0.25, -0.2) is 9.97 Å². The molecule has 4 aliphatic heterocycles. The number of hydrogen-bond donors (Lipinski definition) is 1. The molecule has 2 saturated heterocycles. The predicted octanol–water partition coefficient (Wildman–Crippen LogP) is 4.16. The van der Waals surface area contributed by atoms with Crippen LogP contribution in [0.1, 0.15) is 47.3 Å². The zero-order valence-electron chi connectivity index (χ0n) is 28.3. The van der Waals surface area contributed by atoms with Crippen LogP contribution in [0.25, 0.3) is 27.9 Å². The number of carbonyl (C=O) groups is 2. The number of aromatic amines is 1. The fourth-order valence-electron chi connectivity index (χ4n) is 7.98. The number of likely N-dealkylation sites (tertiary alicyclic amines) is 1. The van der Waals surface area contributed by atoms with Gasteiger partial charge in [0, 0.05) is 61.0 Å². The number of benzene rings is 2. The van der Waals surface area contributed by atoms with Gasteiger partial charge in [-0.15, -0.1) is 0 Å². The van der Waals surface area contributed by atoms with E-state index in [-0.39, 0.29) is 11.8 Å². The molecule has 1 spiro atoms. The fourth-order valence-corrected chi connectivity index (χ4v) is 7.98. The third kappa shape index (κ3) is 5.22. The van der Waals surface area contributed by atoms with Crippen molar-refractivity contribution in [3.63, 3.8) is 0 Å². The van der Waals surface area contributed by atoms with E-state index in [0.717, 1.165) is 76.1 Å². The summed E-state index contributed by atoms with van der Waals surface area (Å²) in [6.07, 6.45) is 6.19. The lowest BCUT2D eigenvalue weighted by molar-refractivity contribution is -0.132. The van der Waals surface area contributed by atoms with E-state index in [1.807, 2.05) is 54.1 Å². The third-order valence-electron chi connectivity index (χ3n) is 10.9. The van der Waals surface area contributed by atoms with Crippen LogP contribution in [-0.4, -0.2) is 96.5 Å². The van der Waals surface area contributed by atoms with Crippen LogP contribution in [0.15, 0.2) is 72.0 Å². The van der Waals surface area contributed by atoms with E-state index < -0.39 is 5.41 Å². The van der Waals surface area contributed by atoms with Crippen LogP contribution in [0.5, 0.6) is 0 Å². The molecule has 5 aromatic rings. The van der Waals surface area contributed by atoms with Crippen molar-refractivity contribution < 1.29 is 9.59 Å². The molecule has 252 valence electrons. The summed E-state index contributed by atoms with van der Waals surface area (Å²) in [6, 6.07) is 18.5. The molecule has 9 rings (SSSR count). The number of aliphatic imine (C=N–C) groups is 1. The monoisotopic (exact) mass is 666 g/mol. The average Bonchev–Trinajstić information content (AvgIpc) is 3.98. The first kappa shape index (κ1) is 30.6. The molecule has 2 fully saturated rings. The van der Waals surface area contributed by atoms with Crippen molar-refractivity contribution in [2.45, 2.75) is 32.7 Å². The number of aryl methyl sites for hydroxylation is 2. The lowest BCUT2D eigenvalue weighted by Gasteiger charge is -2.29. The lowest BCUT2D eigenvalue weighted by atomic mass is 9.85. The van der Waals surface area contributed by atoms with Gasteiger partial charge >= 0.3 is 0 Å². The van der Waals surface area contributed by atoms with Crippen LogP contribution < -0.4 is 4.90 Å². The van der Waals surface area contributed by atoms with Gasteiger partial charge in [-0.05, 0) is 62.1 Å². The number of H-pyrrole nitrogens is 1. The van der Waals surface area contributed by atoms with Gasteiger partial charge < -0.3 is 4.90 Å². The minimum Gasteiger partial charge on any atom is -0.338 e. The first-order chi connectivity index (χ1) is 24.3. The second-order valence-electron chi connectivity index (χ2n) is 14.0. The summed E-state index contributed by atoms with van der Waals surface area (Å²) in [5.41, 5.74) is 8.61. The molecule has 12 heteroatoms. The molecule has 1 N–H and O–H groups in total. The van der Waals surface area contributed by atoms with Gasteiger partial charge in [-0.2, -0.15) is 10.2 Å². The molecule has 7 heterocycles. The molecule has 50 heavy (non-hydrogen) atoms.